The molecule has 0 saturated heterocycles. The van der Waals surface area contributed by atoms with Gasteiger partial charge in [0.1, 0.15) is 0 Å². The van der Waals surface area contributed by atoms with Gasteiger partial charge in [0.2, 0.25) is 0 Å². The first-order valence-corrected chi connectivity index (χ1v) is 11.4. The lowest BCUT2D eigenvalue weighted by Gasteiger charge is -2.32. The average Bonchev–Trinajstić information content (AvgIpc) is 2.84. The van der Waals surface area contributed by atoms with Gasteiger partial charge in [-0.1, -0.05) is 73.7 Å². The summed E-state index contributed by atoms with van der Waals surface area (Å²) in [6.07, 6.45) is 4.15. The molecule has 2 atom stereocenters. The lowest BCUT2D eigenvalue weighted by molar-refractivity contribution is 0.467. The van der Waals surface area contributed by atoms with E-state index < -0.39 is 0 Å². The summed E-state index contributed by atoms with van der Waals surface area (Å²) in [7, 11) is 0. The van der Waals surface area contributed by atoms with Gasteiger partial charge in [0.25, 0.3) is 0 Å². The molecule has 6 rings (SSSR count). The van der Waals surface area contributed by atoms with Crippen LogP contribution in [0.3, 0.4) is 0 Å². The highest BCUT2D eigenvalue weighted by molar-refractivity contribution is 6.12. The van der Waals surface area contributed by atoms with Crippen LogP contribution in [0, 0.1) is 5.92 Å². The van der Waals surface area contributed by atoms with E-state index in [2.05, 4.69) is 84.7 Å². The third-order valence-electron chi connectivity index (χ3n) is 7.08. The van der Waals surface area contributed by atoms with Crippen molar-refractivity contribution in [3.05, 3.63) is 108 Å². The number of nitrogen functional groups attached to an aromatic ring is 1. The molecule has 1 aromatic heterocycles. The van der Waals surface area contributed by atoms with E-state index in [-0.39, 0.29) is 0 Å². The van der Waals surface area contributed by atoms with Crippen LogP contribution >= 0.6 is 0 Å². The van der Waals surface area contributed by atoms with Crippen LogP contribution in [-0.2, 0) is 6.42 Å². The topological polar surface area (TPSA) is 38.9 Å². The second kappa shape index (κ2) is 7.49. The Bertz CT molecular complexity index is 1450. The first kappa shape index (κ1) is 19.1. The molecule has 2 N–H and O–H groups in total. The fraction of sp³-hybridized carbons (Fsp3) is 0.167. The largest absolute Gasteiger partial charge is 0.398 e. The van der Waals surface area contributed by atoms with Crippen LogP contribution in [0.25, 0.3) is 32.8 Å². The van der Waals surface area contributed by atoms with Crippen molar-refractivity contribution in [2.24, 2.45) is 5.92 Å². The second-order valence-electron chi connectivity index (χ2n) is 9.14. The summed E-state index contributed by atoms with van der Waals surface area (Å²) in [5, 5.41) is 5.06. The molecule has 0 radical (unpaired) electrons. The molecule has 0 bridgehead atoms. The van der Waals surface area contributed by atoms with Gasteiger partial charge in [-0.2, -0.15) is 0 Å². The van der Waals surface area contributed by atoms with Crippen molar-refractivity contribution >= 4 is 27.2 Å². The number of aromatic nitrogens is 1. The maximum Gasteiger partial charge on any atom is 0.0704 e. The number of hydrogen-bond acceptors (Lipinski definition) is 2. The minimum atomic E-state index is 0.368. The molecule has 2 heteroatoms. The maximum atomic E-state index is 6.27. The minimum absolute atomic E-state index is 0.368. The van der Waals surface area contributed by atoms with Gasteiger partial charge in [-0.05, 0) is 69.8 Å². The van der Waals surface area contributed by atoms with Crippen LogP contribution < -0.4 is 5.73 Å². The van der Waals surface area contributed by atoms with E-state index in [1.165, 1.54) is 38.4 Å². The smallest absolute Gasteiger partial charge is 0.0704 e. The molecule has 0 fully saturated rings. The lowest BCUT2D eigenvalue weighted by Crippen LogP contribution is -2.18. The van der Waals surface area contributed by atoms with Crippen LogP contribution in [0.15, 0.2) is 91.1 Å². The molecule has 4 aromatic carbocycles. The number of benzene rings is 4. The molecule has 1 heterocycles. The van der Waals surface area contributed by atoms with Gasteiger partial charge in [0, 0.05) is 28.8 Å². The first-order chi connectivity index (χ1) is 15.7. The normalized spacial score (nSPS) is 18.0. The van der Waals surface area contributed by atoms with E-state index in [1.54, 1.807) is 0 Å². The molecule has 1 aliphatic rings. The van der Waals surface area contributed by atoms with Crippen molar-refractivity contribution in [1.29, 1.82) is 0 Å². The van der Waals surface area contributed by atoms with Gasteiger partial charge in [-0.3, -0.25) is 4.98 Å². The van der Waals surface area contributed by atoms with Crippen molar-refractivity contribution in [3.63, 3.8) is 0 Å². The molecule has 0 aliphatic heterocycles. The predicted molar refractivity (Wildman–Crippen MR) is 135 cm³/mol. The van der Waals surface area contributed by atoms with Crippen molar-refractivity contribution in [1.82, 2.24) is 4.98 Å². The average molecular weight is 415 g/mol. The molecule has 5 aromatic rings. The summed E-state index contributed by atoms with van der Waals surface area (Å²) in [5.41, 5.74) is 13.7. The van der Waals surface area contributed by atoms with Crippen LogP contribution in [-0.4, -0.2) is 4.98 Å². The summed E-state index contributed by atoms with van der Waals surface area (Å²) in [5.74, 6) is 0.985. The molecule has 1 aliphatic carbocycles. The maximum absolute atomic E-state index is 6.27. The zero-order chi connectivity index (χ0) is 21.7. The molecule has 156 valence electrons. The molecule has 2 nitrogen and oxygen atoms in total. The lowest BCUT2D eigenvalue weighted by atomic mass is 9.72. The quantitative estimate of drug-likeness (QED) is 0.242. The SMILES string of the molecule is CC1Cc2c(ccc3c2ccc2c(N)cccc23)C(c2ccccc2-c2ccccn2)C1. The Hall–Kier alpha value is -3.65. The standard InChI is InChI=1S/C30H26N2/c1-19-17-27(21-7-2-3-8-26(21)30-11-4-5-16-32-30)24-13-12-22-20-9-6-10-29(31)25(20)15-14-23(22)28(24)18-19/h2-16,19,27H,17-18,31H2,1H3. The zero-order valence-corrected chi connectivity index (χ0v) is 18.3. The van der Waals surface area contributed by atoms with E-state index in [1.807, 2.05) is 18.3 Å². The van der Waals surface area contributed by atoms with Gasteiger partial charge in [0.15, 0.2) is 0 Å². The molecule has 0 amide bonds. The summed E-state index contributed by atoms with van der Waals surface area (Å²) in [4.78, 5) is 4.66. The van der Waals surface area contributed by atoms with Crippen molar-refractivity contribution in [2.45, 2.75) is 25.7 Å². The number of pyridine rings is 1. The number of anilines is 1. The minimum Gasteiger partial charge on any atom is -0.398 e. The highest BCUT2D eigenvalue weighted by atomic mass is 14.7. The molecule has 2 unspecified atom stereocenters. The molecule has 0 spiro atoms. The predicted octanol–water partition coefficient (Wildman–Crippen LogP) is 7.35. The number of hydrogen-bond donors (Lipinski definition) is 1. The highest BCUT2D eigenvalue weighted by Gasteiger charge is 2.29. The van der Waals surface area contributed by atoms with Crippen LogP contribution in [0.1, 0.15) is 36.0 Å². The monoisotopic (exact) mass is 414 g/mol. The fourth-order valence-corrected chi connectivity index (χ4v) is 5.64. The van der Waals surface area contributed by atoms with Gasteiger partial charge < -0.3 is 5.73 Å². The van der Waals surface area contributed by atoms with Crippen molar-refractivity contribution < 1.29 is 0 Å². The van der Waals surface area contributed by atoms with E-state index in [4.69, 9.17) is 5.73 Å². The van der Waals surface area contributed by atoms with E-state index in [0.717, 1.165) is 29.6 Å². The Balaban J connectivity index is 1.58. The fourth-order valence-electron chi connectivity index (χ4n) is 5.64. The molecule has 0 saturated carbocycles. The summed E-state index contributed by atoms with van der Waals surface area (Å²) in [6.45, 7) is 2.39. The third kappa shape index (κ3) is 2.98. The Morgan fingerprint density at radius 2 is 1.50 bits per heavy atom. The number of nitrogens with zero attached hydrogens (tertiary/aromatic N) is 1. The Morgan fingerprint density at radius 1 is 0.719 bits per heavy atom. The summed E-state index contributed by atoms with van der Waals surface area (Å²) >= 11 is 0. The van der Waals surface area contributed by atoms with Gasteiger partial charge in [0.05, 0.1) is 5.69 Å². The molecule has 32 heavy (non-hydrogen) atoms. The van der Waals surface area contributed by atoms with Crippen LogP contribution in [0.5, 0.6) is 0 Å². The zero-order valence-electron chi connectivity index (χ0n) is 18.3. The third-order valence-corrected chi connectivity index (χ3v) is 7.08. The van der Waals surface area contributed by atoms with Gasteiger partial charge in [-0.25, -0.2) is 0 Å². The van der Waals surface area contributed by atoms with E-state index in [0.29, 0.717) is 11.8 Å². The van der Waals surface area contributed by atoms with E-state index in [9.17, 15) is 0 Å². The summed E-state index contributed by atoms with van der Waals surface area (Å²) < 4.78 is 0. The van der Waals surface area contributed by atoms with Gasteiger partial charge in [-0.15, -0.1) is 0 Å². The Morgan fingerprint density at radius 3 is 2.38 bits per heavy atom. The Labute approximate surface area is 188 Å². The van der Waals surface area contributed by atoms with E-state index >= 15 is 0 Å². The second-order valence-corrected chi connectivity index (χ2v) is 9.14. The first-order valence-electron chi connectivity index (χ1n) is 11.4. The Kier molecular flexibility index (Phi) is 4.46. The molecular weight excluding hydrogens is 388 g/mol. The number of rotatable bonds is 2. The number of fused-ring (bicyclic) bond motifs is 5. The highest BCUT2D eigenvalue weighted by Crippen LogP contribution is 2.45. The van der Waals surface area contributed by atoms with Crippen molar-refractivity contribution in [2.75, 3.05) is 5.73 Å². The van der Waals surface area contributed by atoms with Gasteiger partial charge >= 0.3 is 0 Å². The van der Waals surface area contributed by atoms with Crippen LogP contribution in [0.2, 0.25) is 0 Å². The number of nitrogens with two attached hydrogens (primary N) is 1. The molecular formula is C30H26N2. The summed E-state index contributed by atoms with van der Waals surface area (Å²) in [6, 6.07) is 30.4. The van der Waals surface area contributed by atoms with Crippen molar-refractivity contribution in [3.8, 4) is 11.3 Å². The van der Waals surface area contributed by atoms with Crippen LogP contribution in [0.4, 0.5) is 5.69 Å².